The molecule has 1 heterocycles. The van der Waals surface area contributed by atoms with Crippen LogP contribution in [0, 0.1) is 0 Å². The Morgan fingerprint density at radius 2 is 1.96 bits per heavy atom. The van der Waals surface area contributed by atoms with E-state index in [1.54, 1.807) is 0 Å². The lowest BCUT2D eigenvalue weighted by Crippen LogP contribution is -2.46. The average molecular weight is 360 g/mol. The molecule has 1 saturated heterocycles. The van der Waals surface area contributed by atoms with Crippen molar-refractivity contribution < 1.29 is 9.84 Å². The molecule has 0 aromatic heterocycles. The summed E-state index contributed by atoms with van der Waals surface area (Å²) < 4.78 is 6.18. The number of aliphatic hydroxyl groups excluding tert-OH is 1. The molecule has 1 saturated carbocycles. The van der Waals surface area contributed by atoms with E-state index in [1.165, 1.54) is 37.7 Å². The molecule has 26 heavy (non-hydrogen) atoms. The first-order valence-corrected chi connectivity index (χ1v) is 10.2. The molecule has 0 amide bonds. The lowest BCUT2D eigenvalue weighted by molar-refractivity contribution is 0.108. The number of nitrogens with zero attached hydrogens (tertiary/aromatic N) is 2. The lowest BCUT2D eigenvalue weighted by Gasteiger charge is -2.32. The van der Waals surface area contributed by atoms with Gasteiger partial charge in [-0.2, -0.15) is 0 Å². The van der Waals surface area contributed by atoms with E-state index in [0.29, 0.717) is 12.6 Å². The van der Waals surface area contributed by atoms with Gasteiger partial charge < -0.3 is 20.1 Å². The number of aliphatic imine (C=N–C) groups is 1. The van der Waals surface area contributed by atoms with Gasteiger partial charge in [-0.1, -0.05) is 18.6 Å². The first-order valence-electron chi connectivity index (χ1n) is 10.2. The highest BCUT2D eigenvalue weighted by atomic mass is 16.5. The Morgan fingerprint density at radius 1 is 1.19 bits per heavy atom. The normalized spacial score (nSPS) is 20.2. The van der Waals surface area contributed by atoms with Gasteiger partial charge in [0.2, 0.25) is 0 Å². The molecule has 2 fully saturated rings. The van der Waals surface area contributed by atoms with Crippen LogP contribution >= 0.6 is 0 Å². The molecule has 5 heteroatoms. The van der Waals surface area contributed by atoms with E-state index in [0.717, 1.165) is 44.2 Å². The minimum atomic E-state index is -0.164. The second-order valence-electron chi connectivity index (χ2n) is 7.41. The van der Waals surface area contributed by atoms with Crippen LogP contribution in [-0.4, -0.2) is 47.8 Å². The molecular formula is C21H33N3O2. The first kappa shape index (κ1) is 19.0. The summed E-state index contributed by atoms with van der Waals surface area (Å²) in [6.45, 7) is 5.30. The molecule has 1 aliphatic heterocycles. The number of hydrogen-bond donors (Lipinski definition) is 2. The molecule has 5 nitrogen and oxygen atoms in total. The zero-order chi connectivity index (χ0) is 18.2. The maximum Gasteiger partial charge on any atom is 0.194 e. The van der Waals surface area contributed by atoms with Gasteiger partial charge in [-0.15, -0.1) is 0 Å². The fraction of sp³-hybridized carbons (Fsp3) is 0.667. The molecule has 0 atom stereocenters. The van der Waals surface area contributed by atoms with Gasteiger partial charge in [0.25, 0.3) is 0 Å². The molecular weight excluding hydrogens is 326 g/mol. The van der Waals surface area contributed by atoms with Crippen LogP contribution in [-0.2, 0) is 6.54 Å². The van der Waals surface area contributed by atoms with Gasteiger partial charge in [0.1, 0.15) is 5.75 Å². The summed E-state index contributed by atoms with van der Waals surface area (Å²) in [5, 5.41) is 13.1. The van der Waals surface area contributed by atoms with Gasteiger partial charge in [-0.3, -0.25) is 0 Å². The third-order valence-electron chi connectivity index (χ3n) is 5.26. The number of benzene rings is 1. The van der Waals surface area contributed by atoms with E-state index in [9.17, 15) is 5.11 Å². The van der Waals surface area contributed by atoms with E-state index in [4.69, 9.17) is 9.73 Å². The molecule has 1 aliphatic carbocycles. The number of piperidine rings is 1. The van der Waals surface area contributed by atoms with Crippen LogP contribution < -0.4 is 10.1 Å². The van der Waals surface area contributed by atoms with Crippen LogP contribution in [0.3, 0.4) is 0 Å². The van der Waals surface area contributed by atoms with E-state index in [2.05, 4.69) is 41.4 Å². The molecule has 144 valence electrons. The first-order chi connectivity index (χ1) is 12.7. The number of nitrogens with one attached hydrogen (secondary N) is 1. The number of rotatable bonds is 5. The molecule has 0 spiro atoms. The minimum Gasteiger partial charge on any atom is -0.490 e. The van der Waals surface area contributed by atoms with Crippen molar-refractivity contribution in [3.05, 3.63) is 29.8 Å². The van der Waals surface area contributed by atoms with Crippen LogP contribution in [0.25, 0.3) is 0 Å². The third kappa shape index (κ3) is 5.63. The van der Waals surface area contributed by atoms with Crippen molar-refractivity contribution in [3.8, 4) is 5.75 Å². The van der Waals surface area contributed by atoms with Gasteiger partial charge in [0.15, 0.2) is 5.96 Å². The van der Waals surface area contributed by atoms with Gasteiger partial charge >= 0.3 is 0 Å². The van der Waals surface area contributed by atoms with Gasteiger partial charge in [-0.05, 0) is 63.1 Å². The van der Waals surface area contributed by atoms with E-state index in [-0.39, 0.29) is 6.10 Å². The maximum absolute atomic E-state index is 9.71. The maximum atomic E-state index is 9.71. The third-order valence-corrected chi connectivity index (χ3v) is 5.26. The molecule has 3 rings (SSSR count). The summed E-state index contributed by atoms with van der Waals surface area (Å²) in [6, 6.07) is 8.36. The van der Waals surface area contributed by atoms with Crippen molar-refractivity contribution in [2.45, 2.75) is 70.6 Å². The molecule has 0 unspecified atom stereocenters. The fourth-order valence-electron chi connectivity index (χ4n) is 3.76. The smallest absolute Gasteiger partial charge is 0.194 e. The summed E-state index contributed by atoms with van der Waals surface area (Å²) in [6.07, 6.45) is 8.10. The Kier molecular flexibility index (Phi) is 7.18. The van der Waals surface area contributed by atoms with Crippen LogP contribution in [0.5, 0.6) is 5.75 Å². The molecule has 2 N–H and O–H groups in total. The van der Waals surface area contributed by atoms with Crippen molar-refractivity contribution in [3.63, 3.8) is 0 Å². The quantitative estimate of drug-likeness (QED) is 0.625. The number of aliphatic hydroxyl groups is 1. The number of likely N-dealkylation sites (tertiary alicyclic amines) is 1. The predicted octanol–water partition coefficient (Wildman–Crippen LogP) is 3.32. The Morgan fingerprint density at radius 3 is 2.69 bits per heavy atom. The van der Waals surface area contributed by atoms with Gasteiger partial charge in [0.05, 0.1) is 18.8 Å². The van der Waals surface area contributed by atoms with Crippen LogP contribution in [0.1, 0.15) is 57.4 Å². The highest BCUT2D eigenvalue weighted by Crippen LogP contribution is 2.24. The number of ether oxygens (including phenoxy) is 1. The topological polar surface area (TPSA) is 57.1 Å². The Bertz CT molecular complexity index is 576. The fourth-order valence-corrected chi connectivity index (χ4v) is 3.76. The monoisotopic (exact) mass is 359 g/mol. The summed E-state index contributed by atoms with van der Waals surface area (Å²) in [7, 11) is 0. The Balaban J connectivity index is 1.60. The Hall–Kier alpha value is -1.75. The van der Waals surface area contributed by atoms with Crippen molar-refractivity contribution in [1.29, 1.82) is 0 Å². The SMILES string of the molecule is CCNC(=NCc1cccc(OC2CCCCC2)c1)N1CCC(O)CC1. The van der Waals surface area contributed by atoms with Crippen molar-refractivity contribution in [1.82, 2.24) is 10.2 Å². The summed E-state index contributed by atoms with van der Waals surface area (Å²) in [5.74, 6) is 1.91. The lowest BCUT2D eigenvalue weighted by atomic mass is 9.98. The highest BCUT2D eigenvalue weighted by molar-refractivity contribution is 5.80. The van der Waals surface area contributed by atoms with E-state index >= 15 is 0 Å². The Labute approximate surface area is 157 Å². The van der Waals surface area contributed by atoms with Gasteiger partial charge in [-0.25, -0.2) is 4.99 Å². The van der Waals surface area contributed by atoms with Crippen LogP contribution in [0.15, 0.2) is 29.3 Å². The number of guanidine groups is 1. The second kappa shape index (κ2) is 9.81. The zero-order valence-electron chi connectivity index (χ0n) is 16.0. The zero-order valence-corrected chi connectivity index (χ0v) is 16.0. The molecule has 1 aromatic rings. The summed E-state index contributed by atoms with van der Waals surface area (Å²) in [5.41, 5.74) is 1.17. The van der Waals surface area contributed by atoms with Crippen LogP contribution in [0.2, 0.25) is 0 Å². The average Bonchev–Trinajstić information content (AvgIpc) is 2.67. The summed E-state index contributed by atoms with van der Waals surface area (Å²) in [4.78, 5) is 7.06. The van der Waals surface area contributed by atoms with Crippen molar-refractivity contribution in [2.24, 2.45) is 4.99 Å². The highest BCUT2D eigenvalue weighted by Gasteiger charge is 2.19. The van der Waals surface area contributed by atoms with Crippen molar-refractivity contribution >= 4 is 5.96 Å². The molecule has 2 aliphatic rings. The van der Waals surface area contributed by atoms with Crippen molar-refractivity contribution in [2.75, 3.05) is 19.6 Å². The number of hydrogen-bond acceptors (Lipinski definition) is 3. The van der Waals surface area contributed by atoms with Gasteiger partial charge in [0, 0.05) is 19.6 Å². The van der Waals surface area contributed by atoms with E-state index < -0.39 is 0 Å². The standard InChI is InChI=1S/C21H33N3O2/c1-2-22-21(24-13-11-18(25)12-14-24)23-16-17-7-6-10-20(15-17)26-19-8-4-3-5-9-19/h6-7,10,15,18-19,25H,2-5,8-9,11-14,16H2,1H3,(H,22,23). The molecule has 0 bridgehead atoms. The largest absolute Gasteiger partial charge is 0.490 e. The summed E-state index contributed by atoms with van der Waals surface area (Å²) >= 11 is 0. The minimum absolute atomic E-state index is 0.164. The van der Waals surface area contributed by atoms with Crippen LogP contribution in [0.4, 0.5) is 0 Å². The molecule has 0 radical (unpaired) electrons. The van der Waals surface area contributed by atoms with E-state index in [1.807, 2.05) is 0 Å². The molecule has 1 aromatic carbocycles. The second-order valence-corrected chi connectivity index (χ2v) is 7.41. The predicted molar refractivity (Wildman–Crippen MR) is 106 cm³/mol.